The lowest BCUT2D eigenvalue weighted by Crippen LogP contribution is -2.51. The van der Waals surface area contributed by atoms with Crippen LogP contribution >= 0.6 is 0 Å². The van der Waals surface area contributed by atoms with E-state index in [1.54, 1.807) is 4.90 Å². The first kappa shape index (κ1) is 24.0. The van der Waals surface area contributed by atoms with Gasteiger partial charge in [0.1, 0.15) is 0 Å². The molecule has 3 heterocycles. The largest absolute Gasteiger partial charge is 0.416 e. The third-order valence-corrected chi connectivity index (χ3v) is 7.46. The fourth-order valence-corrected chi connectivity index (χ4v) is 5.30. The fraction of sp³-hybridized carbons (Fsp3) is 0.667. The summed E-state index contributed by atoms with van der Waals surface area (Å²) in [6, 6.07) is 1.99. The van der Waals surface area contributed by atoms with E-state index < -0.39 is 22.7 Å². The first-order chi connectivity index (χ1) is 15.5. The lowest BCUT2D eigenvalue weighted by Gasteiger charge is -2.40. The molecule has 0 radical (unpaired) electrons. The summed E-state index contributed by atoms with van der Waals surface area (Å²) in [5.41, 5.74) is -2.15. The monoisotopic (exact) mass is 467 g/mol. The third-order valence-electron chi connectivity index (χ3n) is 7.46. The standard InChI is InChI=1S/C24H32F3N3O3/c1-15(2)23(6-4-18(12-23)28-20-5-9-33-14-16(20)3)22(32)29-7-8-30-19(13-29)10-17(11-21(30)31)24(25,26)27/h4,6,10-11,15-16,18,20,28H,5,7-9,12-14H2,1-3H3/t16-,18-,20?,23+/m1/s1. The van der Waals surface area contributed by atoms with Gasteiger partial charge < -0.3 is 19.5 Å². The second-order valence-corrected chi connectivity index (χ2v) is 9.93. The minimum absolute atomic E-state index is 0.00457. The molecule has 4 atom stereocenters. The SMILES string of the molecule is CC(C)[C@]1(C(=O)N2CCn3c(cc(C(F)(F)F)cc3=O)C2)C=C[C@@H](NC2CCOC[C@H]2C)C1. The van der Waals surface area contributed by atoms with Gasteiger partial charge in [-0.1, -0.05) is 32.9 Å². The molecule has 0 bridgehead atoms. The van der Waals surface area contributed by atoms with Gasteiger partial charge in [0.15, 0.2) is 0 Å². The minimum atomic E-state index is -4.60. The molecule has 1 saturated heterocycles. The Balaban J connectivity index is 1.52. The van der Waals surface area contributed by atoms with Crippen molar-refractivity contribution < 1.29 is 22.7 Å². The Kier molecular flexibility index (Phi) is 6.48. The van der Waals surface area contributed by atoms with Gasteiger partial charge >= 0.3 is 6.18 Å². The van der Waals surface area contributed by atoms with E-state index in [0.29, 0.717) is 31.0 Å². The lowest BCUT2D eigenvalue weighted by molar-refractivity contribution is -0.143. The number of carbonyl (C=O) groups is 1. The van der Waals surface area contributed by atoms with Crippen LogP contribution < -0.4 is 10.9 Å². The Labute approximate surface area is 191 Å². The molecule has 182 valence electrons. The van der Waals surface area contributed by atoms with Crippen molar-refractivity contribution in [3.63, 3.8) is 0 Å². The number of amides is 1. The Bertz CT molecular complexity index is 987. The van der Waals surface area contributed by atoms with Crippen LogP contribution in [0.15, 0.2) is 29.1 Å². The van der Waals surface area contributed by atoms with E-state index >= 15 is 0 Å². The minimum Gasteiger partial charge on any atom is -0.381 e. The number of alkyl halides is 3. The maximum atomic E-state index is 13.8. The van der Waals surface area contributed by atoms with Crippen LogP contribution in [0.5, 0.6) is 0 Å². The molecular formula is C24H32F3N3O3. The molecule has 0 spiro atoms. The van der Waals surface area contributed by atoms with Crippen LogP contribution in [0.2, 0.25) is 0 Å². The Morgan fingerprint density at radius 3 is 2.70 bits per heavy atom. The average Bonchev–Trinajstić information content (AvgIpc) is 3.19. The van der Waals surface area contributed by atoms with Crippen LogP contribution in [-0.4, -0.2) is 47.2 Å². The predicted octanol–water partition coefficient (Wildman–Crippen LogP) is 3.19. The highest BCUT2D eigenvalue weighted by Gasteiger charge is 2.47. The first-order valence-electron chi connectivity index (χ1n) is 11.6. The number of hydrogen-bond acceptors (Lipinski definition) is 4. The number of hydrogen-bond donors (Lipinski definition) is 1. The van der Waals surface area contributed by atoms with E-state index in [9.17, 15) is 22.8 Å². The Morgan fingerprint density at radius 2 is 2.03 bits per heavy atom. The molecule has 0 aromatic carbocycles. The molecule has 9 heteroatoms. The van der Waals surface area contributed by atoms with Crippen LogP contribution in [0.3, 0.4) is 0 Å². The number of ether oxygens (including phenoxy) is 1. The summed E-state index contributed by atoms with van der Waals surface area (Å²) in [5, 5.41) is 3.67. The molecule has 6 nitrogen and oxygen atoms in total. The van der Waals surface area contributed by atoms with Gasteiger partial charge in [0.25, 0.3) is 5.56 Å². The molecule has 33 heavy (non-hydrogen) atoms. The molecule has 1 aliphatic carbocycles. The zero-order chi connectivity index (χ0) is 24.0. The normalized spacial score (nSPS) is 30.0. The van der Waals surface area contributed by atoms with Crippen LogP contribution in [0.4, 0.5) is 13.2 Å². The molecule has 3 aliphatic rings. The summed E-state index contributed by atoms with van der Waals surface area (Å²) >= 11 is 0. The lowest BCUT2D eigenvalue weighted by atomic mass is 9.74. The number of fused-ring (bicyclic) bond motifs is 1. The third kappa shape index (κ3) is 4.62. The van der Waals surface area contributed by atoms with Crippen molar-refractivity contribution in [1.82, 2.24) is 14.8 Å². The number of carbonyl (C=O) groups excluding carboxylic acids is 1. The maximum Gasteiger partial charge on any atom is 0.416 e. The number of nitrogens with one attached hydrogen (secondary N) is 1. The van der Waals surface area contributed by atoms with Crippen LogP contribution in [-0.2, 0) is 28.8 Å². The second-order valence-electron chi connectivity index (χ2n) is 9.93. The van der Waals surface area contributed by atoms with Gasteiger partial charge in [0, 0.05) is 43.5 Å². The van der Waals surface area contributed by atoms with E-state index in [1.165, 1.54) is 4.57 Å². The summed E-state index contributed by atoms with van der Waals surface area (Å²) in [4.78, 5) is 27.6. The Morgan fingerprint density at radius 1 is 1.27 bits per heavy atom. The van der Waals surface area contributed by atoms with Crippen LogP contribution in [0.25, 0.3) is 0 Å². The van der Waals surface area contributed by atoms with E-state index in [1.807, 2.05) is 19.9 Å². The average molecular weight is 468 g/mol. The maximum absolute atomic E-state index is 13.8. The molecule has 1 fully saturated rings. The molecule has 1 N–H and O–H groups in total. The molecular weight excluding hydrogens is 435 g/mol. The van der Waals surface area contributed by atoms with E-state index in [-0.39, 0.29) is 36.7 Å². The van der Waals surface area contributed by atoms with Gasteiger partial charge in [-0.25, -0.2) is 0 Å². The van der Waals surface area contributed by atoms with Crippen molar-refractivity contribution in [3.8, 4) is 0 Å². The summed E-state index contributed by atoms with van der Waals surface area (Å²) in [5.74, 6) is 0.316. The number of nitrogens with zero attached hydrogens (tertiary/aromatic N) is 2. The van der Waals surface area contributed by atoms with E-state index in [2.05, 4.69) is 18.3 Å². The van der Waals surface area contributed by atoms with Gasteiger partial charge in [0.05, 0.1) is 24.1 Å². The number of aromatic nitrogens is 1. The van der Waals surface area contributed by atoms with Gasteiger partial charge in [-0.2, -0.15) is 13.2 Å². The van der Waals surface area contributed by atoms with E-state index in [0.717, 1.165) is 25.7 Å². The summed E-state index contributed by atoms with van der Waals surface area (Å²) < 4.78 is 46.5. The van der Waals surface area contributed by atoms with Gasteiger partial charge in [-0.05, 0) is 30.7 Å². The first-order valence-corrected chi connectivity index (χ1v) is 11.6. The predicted molar refractivity (Wildman–Crippen MR) is 117 cm³/mol. The van der Waals surface area contributed by atoms with Crippen LogP contribution in [0.1, 0.15) is 44.9 Å². The Hall–Kier alpha value is -2.13. The van der Waals surface area contributed by atoms with Crippen molar-refractivity contribution >= 4 is 5.91 Å². The molecule has 0 saturated carbocycles. The van der Waals surface area contributed by atoms with Crippen molar-refractivity contribution in [2.75, 3.05) is 19.8 Å². The molecule has 4 rings (SSSR count). The van der Waals surface area contributed by atoms with Crippen LogP contribution in [0, 0.1) is 17.3 Å². The molecule has 1 aromatic heterocycles. The topological polar surface area (TPSA) is 63.6 Å². The van der Waals surface area contributed by atoms with E-state index in [4.69, 9.17) is 4.74 Å². The highest BCUT2D eigenvalue weighted by atomic mass is 19.4. The zero-order valence-corrected chi connectivity index (χ0v) is 19.3. The number of rotatable bonds is 4. The highest BCUT2D eigenvalue weighted by molar-refractivity contribution is 5.86. The van der Waals surface area contributed by atoms with Crippen molar-refractivity contribution in [2.45, 2.75) is 65.0 Å². The summed E-state index contributed by atoms with van der Waals surface area (Å²) in [6.07, 6.45) is 0.973. The quantitative estimate of drug-likeness (QED) is 0.691. The van der Waals surface area contributed by atoms with Crippen molar-refractivity contribution in [2.24, 2.45) is 17.3 Å². The second kappa shape index (κ2) is 8.91. The van der Waals surface area contributed by atoms with Gasteiger partial charge in [-0.3, -0.25) is 9.59 Å². The highest BCUT2D eigenvalue weighted by Crippen LogP contribution is 2.42. The molecule has 2 aliphatic heterocycles. The fourth-order valence-electron chi connectivity index (χ4n) is 5.30. The number of halogens is 3. The van der Waals surface area contributed by atoms with Gasteiger partial charge in [-0.15, -0.1) is 0 Å². The van der Waals surface area contributed by atoms with Crippen molar-refractivity contribution in [3.05, 3.63) is 45.9 Å². The molecule has 1 unspecified atom stereocenters. The zero-order valence-electron chi connectivity index (χ0n) is 19.3. The smallest absolute Gasteiger partial charge is 0.381 e. The van der Waals surface area contributed by atoms with Crippen molar-refractivity contribution in [1.29, 1.82) is 0 Å². The molecule has 1 amide bonds. The number of pyridine rings is 1. The van der Waals surface area contributed by atoms with Gasteiger partial charge in [0.2, 0.25) is 5.91 Å². The summed E-state index contributed by atoms with van der Waals surface area (Å²) in [6.45, 7) is 8.09. The molecule has 1 aromatic rings. The summed E-state index contributed by atoms with van der Waals surface area (Å²) in [7, 11) is 0.